The molecule has 0 saturated carbocycles. The second-order valence-corrected chi connectivity index (χ2v) is 7.92. The van der Waals surface area contributed by atoms with Crippen LogP contribution in [0.5, 0.6) is 0 Å². The number of nitrogens with zero attached hydrogens (tertiary/aromatic N) is 1. The molecule has 5 nitrogen and oxygen atoms in total. The summed E-state index contributed by atoms with van der Waals surface area (Å²) in [5.74, 6) is -2.14. The molecule has 0 unspecified atom stereocenters. The number of allylic oxidation sites excluding steroid dienone is 1. The van der Waals surface area contributed by atoms with Gasteiger partial charge in [0.25, 0.3) is 0 Å². The third-order valence-corrected chi connectivity index (χ3v) is 5.92. The molecule has 6 heteroatoms. The second kappa shape index (κ2) is 9.44. The van der Waals surface area contributed by atoms with Crippen LogP contribution >= 0.6 is 11.8 Å². The Labute approximate surface area is 174 Å². The Morgan fingerprint density at radius 1 is 1.17 bits per heavy atom. The van der Waals surface area contributed by atoms with Crippen LogP contribution in [0.4, 0.5) is 0 Å². The van der Waals surface area contributed by atoms with Gasteiger partial charge in [0.1, 0.15) is 5.92 Å². The summed E-state index contributed by atoms with van der Waals surface area (Å²) in [5.41, 5.74) is 3.38. The molecule has 148 valence electrons. The molecular weight excluding hydrogens is 384 g/mol. The van der Waals surface area contributed by atoms with Gasteiger partial charge in [-0.25, -0.2) is 0 Å². The number of hydrogen-bond acceptors (Lipinski definition) is 5. The van der Waals surface area contributed by atoms with E-state index >= 15 is 0 Å². The maximum absolute atomic E-state index is 12.8. The number of esters is 1. The Kier molecular flexibility index (Phi) is 6.73. The largest absolute Gasteiger partial charge is 0.468 e. The number of thioether (sulfide) groups is 1. The number of nitriles is 1. The summed E-state index contributed by atoms with van der Waals surface area (Å²) in [6.45, 7) is 1.96. The quantitative estimate of drug-likeness (QED) is 0.584. The van der Waals surface area contributed by atoms with Crippen LogP contribution in [-0.4, -0.2) is 24.7 Å². The third kappa shape index (κ3) is 4.69. The Morgan fingerprint density at radius 3 is 2.48 bits per heavy atom. The van der Waals surface area contributed by atoms with Crippen molar-refractivity contribution in [3.05, 3.63) is 81.9 Å². The lowest BCUT2D eigenvalue weighted by Crippen LogP contribution is -2.44. The molecule has 0 aromatic heterocycles. The van der Waals surface area contributed by atoms with Crippen molar-refractivity contribution >= 4 is 23.6 Å². The number of amides is 1. The van der Waals surface area contributed by atoms with Crippen LogP contribution in [0.2, 0.25) is 0 Å². The molecule has 0 radical (unpaired) electrons. The van der Waals surface area contributed by atoms with E-state index in [1.54, 1.807) is 0 Å². The van der Waals surface area contributed by atoms with Crippen LogP contribution in [0.25, 0.3) is 0 Å². The summed E-state index contributed by atoms with van der Waals surface area (Å²) in [5, 5.41) is 13.2. The summed E-state index contributed by atoms with van der Waals surface area (Å²) >= 11 is 1.42. The molecule has 1 aliphatic heterocycles. The van der Waals surface area contributed by atoms with Gasteiger partial charge in [-0.2, -0.15) is 5.26 Å². The lowest BCUT2D eigenvalue weighted by atomic mass is 9.78. The normalized spacial score (nSPS) is 18.7. The molecule has 0 fully saturated rings. The molecule has 0 spiro atoms. The second-order valence-electron chi connectivity index (χ2n) is 6.82. The van der Waals surface area contributed by atoms with E-state index in [1.165, 1.54) is 24.4 Å². The minimum Gasteiger partial charge on any atom is -0.468 e. The number of benzene rings is 2. The van der Waals surface area contributed by atoms with Crippen molar-refractivity contribution in [3.63, 3.8) is 0 Å². The molecule has 3 rings (SSSR count). The Balaban J connectivity index is 1.93. The summed E-state index contributed by atoms with van der Waals surface area (Å²) in [6.07, 6.45) is 0.805. The molecule has 2 atom stereocenters. The van der Waals surface area contributed by atoms with Gasteiger partial charge < -0.3 is 10.1 Å². The standard InChI is InChI=1S/C23H22N2O3S/c1-15-8-10-17(11-9-15)19-18(14-24)22(25-21(26)20(19)23(27)28-2)29-13-12-16-6-4-3-5-7-16/h3-11,19-20H,12-13H2,1-2H3,(H,25,26)/t19-,20+/m1/s1. The summed E-state index contributed by atoms with van der Waals surface area (Å²) in [7, 11) is 1.25. The van der Waals surface area contributed by atoms with Crippen LogP contribution in [0.3, 0.4) is 0 Å². The van der Waals surface area contributed by atoms with E-state index in [9.17, 15) is 14.9 Å². The minimum atomic E-state index is -1.09. The van der Waals surface area contributed by atoms with Gasteiger partial charge in [0, 0.05) is 11.7 Å². The number of ether oxygens (including phenoxy) is 1. The highest BCUT2D eigenvalue weighted by atomic mass is 32.2. The Hall–Kier alpha value is -3.04. The van der Waals surface area contributed by atoms with E-state index in [4.69, 9.17) is 4.74 Å². The third-order valence-electron chi connectivity index (χ3n) is 4.90. The van der Waals surface area contributed by atoms with Gasteiger partial charge >= 0.3 is 5.97 Å². The fourth-order valence-electron chi connectivity index (χ4n) is 3.37. The molecule has 0 saturated heterocycles. The molecule has 29 heavy (non-hydrogen) atoms. The van der Waals surface area contributed by atoms with E-state index in [-0.39, 0.29) is 0 Å². The highest BCUT2D eigenvalue weighted by molar-refractivity contribution is 8.03. The summed E-state index contributed by atoms with van der Waals surface area (Å²) < 4.78 is 4.86. The van der Waals surface area contributed by atoms with Gasteiger partial charge in [0.2, 0.25) is 5.91 Å². The van der Waals surface area contributed by atoms with E-state index in [2.05, 4.69) is 11.4 Å². The average molecular weight is 407 g/mol. The fourth-order valence-corrected chi connectivity index (χ4v) is 4.41. The lowest BCUT2D eigenvalue weighted by Gasteiger charge is -2.31. The van der Waals surface area contributed by atoms with E-state index in [0.29, 0.717) is 16.4 Å². The molecule has 1 aliphatic rings. The van der Waals surface area contributed by atoms with Gasteiger partial charge in [0.05, 0.1) is 23.8 Å². The zero-order chi connectivity index (χ0) is 20.8. The number of aryl methyl sites for hydroxylation is 2. The Bertz CT molecular complexity index is 962. The highest BCUT2D eigenvalue weighted by Crippen LogP contribution is 2.40. The smallest absolute Gasteiger partial charge is 0.319 e. The zero-order valence-electron chi connectivity index (χ0n) is 16.3. The molecule has 0 aliphatic carbocycles. The van der Waals surface area contributed by atoms with Crippen molar-refractivity contribution in [3.8, 4) is 6.07 Å². The van der Waals surface area contributed by atoms with Crippen molar-refractivity contribution < 1.29 is 14.3 Å². The average Bonchev–Trinajstić information content (AvgIpc) is 2.74. The number of hydrogen-bond donors (Lipinski definition) is 1. The van der Waals surface area contributed by atoms with E-state index < -0.39 is 23.7 Å². The predicted octanol–water partition coefficient (Wildman–Crippen LogP) is 3.71. The van der Waals surface area contributed by atoms with Gasteiger partial charge in [-0.15, -0.1) is 11.8 Å². The number of carbonyl (C=O) groups is 2. The van der Waals surface area contributed by atoms with Gasteiger partial charge in [-0.1, -0.05) is 60.2 Å². The molecule has 2 aromatic carbocycles. The van der Waals surface area contributed by atoms with Crippen LogP contribution in [0.1, 0.15) is 22.6 Å². The molecule has 1 heterocycles. The maximum Gasteiger partial charge on any atom is 0.319 e. The molecule has 1 N–H and O–H groups in total. The molecule has 1 amide bonds. The number of methoxy groups -OCH3 is 1. The zero-order valence-corrected chi connectivity index (χ0v) is 17.2. The summed E-state index contributed by atoms with van der Waals surface area (Å²) in [6, 6.07) is 19.8. The van der Waals surface area contributed by atoms with Gasteiger partial charge in [-0.3, -0.25) is 9.59 Å². The number of nitrogens with one attached hydrogen (secondary N) is 1. The van der Waals surface area contributed by atoms with Crippen molar-refractivity contribution in [2.45, 2.75) is 19.3 Å². The van der Waals surface area contributed by atoms with Crippen LogP contribution in [0.15, 0.2) is 65.2 Å². The lowest BCUT2D eigenvalue weighted by molar-refractivity contribution is -0.150. The maximum atomic E-state index is 12.8. The first-order valence-electron chi connectivity index (χ1n) is 9.31. The van der Waals surface area contributed by atoms with Crippen molar-refractivity contribution in [1.29, 1.82) is 5.26 Å². The first-order valence-corrected chi connectivity index (χ1v) is 10.3. The number of rotatable bonds is 6. The first kappa shape index (κ1) is 20.7. The van der Waals surface area contributed by atoms with Gasteiger partial charge in [0.15, 0.2) is 0 Å². The number of carbonyl (C=O) groups excluding carboxylic acids is 2. The minimum absolute atomic E-state index is 0.391. The van der Waals surface area contributed by atoms with Crippen LogP contribution in [0, 0.1) is 24.2 Å². The molecule has 0 bridgehead atoms. The van der Waals surface area contributed by atoms with Crippen molar-refractivity contribution in [2.75, 3.05) is 12.9 Å². The van der Waals surface area contributed by atoms with Crippen molar-refractivity contribution in [2.24, 2.45) is 5.92 Å². The SMILES string of the molecule is COC(=O)[C@@H]1C(=O)NC(SCCc2ccccc2)=C(C#N)[C@H]1c1ccc(C)cc1. The first-order chi connectivity index (χ1) is 14.0. The van der Waals surface area contributed by atoms with E-state index in [0.717, 1.165) is 17.5 Å². The van der Waals surface area contributed by atoms with Crippen LogP contribution < -0.4 is 5.32 Å². The van der Waals surface area contributed by atoms with Crippen molar-refractivity contribution in [1.82, 2.24) is 5.32 Å². The van der Waals surface area contributed by atoms with Gasteiger partial charge in [-0.05, 0) is 24.5 Å². The fraction of sp³-hybridized carbons (Fsp3) is 0.261. The van der Waals surface area contributed by atoms with E-state index in [1.807, 2.05) is 61.5 Å². The monoisotopic (exact) mass is 406 g/mol. The topological polar surface area (TPSA) is 79.2 Å². The molecule has 2 aromatic rings. The van der Waals surface area contributed by atoms with Crippen LogP contribution in [-0.2, 0) is 20.7 Å². The highest BCUT2D eigenvalue weighted by Gasteiger charge is 2.44. The predicted molar refractivity (Wildman–Crippen MR) is 113 cm³/mol. The Morgan fingerprint density at radius 2 is 1.86 bits per heavy atom. The molecular formula is C23H22N2O3S. The summed E-state index contributed by atoms with van der Waals surface area (Å²) in [4.78, 5) is 25.2.